The molecular weight excluding hydrogens is 1300 g/mol. The molecule has 4 atom stereocenters. The van der Waals surface area contributed by atoms with Gasteiger partial charge in [0, 0.05) is 45.9 Å². The molecule has 0 aromatic heterocycles. The molecule has 0 aromatic carbocycles. The standard InChI is InChI=1S/C36H40F34O10S2/c37-21(38,23(41,42)25(45,46)27(49,50)29(53,54)31(57,58)33(61,62)35(65,66)67)1-13-81(73)17-19(71)15-79-11-9-77-7-5-75-3-4-76-6-8-78-10-12-80-16-20(72)18-82(74)14-2-22(39,40)24(43,44)26(47,48)28(51,52)30(55,56)32(59,60)34(63,64)36(68,69)70/h19-20,71-72H,1-18H2. The average Bonchev–Trinajstić information content (AvgIpc) is 3.30. The molecule has 0 aromatic rings. The minimum absolute atomic E-state index is 0.0905. The summed E-state index contributed by atoms with van der Waals surface area (Å²) >= 11 is 0. The highest BCUT2D eigenvalue weighted by atomic mass is 32.2. The van der Waals surface area contributed by atoms with Crippen molar-refractivity contribution in [2.75, 3.05) is 102 Å². The third-order valence-corrected chi connectivity index (χ3v) is 12.9. The maximum atomic E-state index is 14.1. The molecule has 2 N–H and O–H groups in total. The van der Waals surface area contributed by atoms with Crippen LogP contribution in [-0.2, 0) is 50.0 Å². The normalized spacial score (nSPS) is 16.9. The monoisotopic (exact) mass is 1340 g/mol. The fourth-order valence-electron chi connectivity index (χ4n) is 5.32. The first-order valence-electron chi connectivity index (χ1n) is 21.2. The topological polar surface area (TPSA) is 130 Å². The molecule has 0 aliphatic carbocycles. The molecule has 0 heterocycles. The van der Waals surface area contributed by atoms with Crippen LogP contribution in [0.2, 0.25) is 0 Å². The van der Waals surface area contributed by atoms with E-state index in [1.54, 1.807) is 0 Å². The van der Waals surface area contributed by atoms with E-state index in [-0.39, 0.29) is 52.9 Å². The van der Waals surface area contributed by atoms with Crippen molar-refractivity contribution in [1.29, 1.82) is 0 Å². The third-order valence-electron chi connectivity index (χ3n) is 10.1. The lowest BCUT2D eigenvalue weighted by atomic mass is 9.88. The fraction of sp³-hybridized carbons (Fsp3) is 1.00. The Balaban J connectivity index is 4.54. The van der Waals surface area contributed by atoms with E-state index in [1.165, 1.54) is 0 Å². The number of alkyl halides is 34. The summed E-state index contributed by atoms with van der Waals surface area (Å²) in [6, 6.07) is 0. The van der Waals surface area contributed by atoms with Crippen molar-refractivity contribution in [1.82, 2.24) is 0 Å². The third kappa shape index (κ3) is 16.8. The minimum atomic E-state index is -8.81. The first-order valence-corrected chi connectivity index (χ1v) is 24.2. The Morgan fingerprint density at radius 3 is 0.634 bits per heavy atom. The SMILES string of the molecule is O=S(CCC(F)(F)C(F)(F)C(F)(F)C(F)(F)C(F)(F)C(F)(F)C(F)(F)C(F)(F)F)CC(O)COCCOCCOCCOCCOCCOCC(O)CS(=O)CCC(F)(F)C(F)(F)C(F)(F)C(F)(F)C(F)(F)C(F)(F)C(F)(F)C(F)(F)F. The molecule has 0 bridgehead atoms. The molecule has 0 amide bonds. The smallest absolute Gasteiger partial charge is 0.390 e. The quantitative estimate of drug-likeness (QED) is 0.0451. The number of halogens is 34. The maximum Gasteiger partial charge on any atom is 0.460 e. The molecule has 10 nitrogen and oxygen atoms in total. The van der Waals surface area contributed by atoms with Crippen LogP contribution in [0.25, 0.3) is 0 Å². The molecule has 46 heteroatoms. The molecule has 0 spiro atoms. The highest BCUT2D eigenvalue weighted by Crippen LogP contribution is 2.66. The predicted molar refractivity (Wildman–Crippen MR) is 203 cm³/mol. The largest absolute Gasteiger partial charge is 0.460 e. The minimum Gasteiger partial charge on any atom is -0.390 e. The Hall–Kier alpha value is -2.40. The van der Waals surface area contributed by atoms with Gasteiger partial charge in [0.25, 0.3) is 0 Å². The number of hydrogen-bond donors (Lipinski definition) is 2. The zero-order chi connectivity index (χ0) is 65.3. The van der Waals surface area contributed by atoms with Gasteiger partial charge in [-0.1, -0.05) is 0 Å². The molecule has 0 saturated carbocycles. The van der Waals surface area contributed by atoms with E-state index < -0.39 is 191 Å². The van der Waals surface area contributed by atoms with Gasteiger partial charge in [0.15, 0.2) is 0 Å². The van der Waals surface area contributed by atoms with Crippen LogP contribution in [0.3, 0.4) is 0 Å². The molecule has 82 heavy (non-hydrogen) atoms. The Bertz CT molecular complexity index is 1870. The van der Waals surface area contributed by atoms with Crippen LogP contribution < -0.4 is 0 Å². The Morgan fingerprint density at radius 2 is 0.439 bits per heavy atom. The Labute approximate surface area is 440 Å². The summed E-state index contributed by atoms with van der Waals surface area (Å²) in [5, 5.41) is 19.5. The zero-order valence-corrected chi connectivity index (χ0v) is 41.3. The van der Waals surface area contributed by atoms with Crippen molar-refractivity contribution < 1.29 is 196 Å². The summed E-state index contributed by atoms with van der Waals surface area (Å²) in [4.78, 5) is 0. The fourth-order valence-corrected chi connectivity index (χ4v) is 7.67. The molecule has 0 fully saturated rings. The van der Waals surface area contributed by atoms with Gasteiger partial charge in [-0.15, -0.1) is 0 Å². The van der Waals surface area contributed by atoms with Gasteiger partial charge >= 0.3 is 95.3 Å². The van der Waals surface area contributed by atoms with Crippen molar-refractivity contribution in [3.05, 3.63) is 0 Å². The highest BCUT2D eigenvalue weighted by Gasteiger charge is 2.97. The summed E-state index contributed by atoms with van der Waals surface area (Å²) in [5.41, 5.74) is 0. The lowest BCUT2D eigenvalue weighted by Crippen LogP contribution is -2.74. The maximum absolute atomic E-state index is 14.1. The summed E-state index contributed by atoms with van der Waals surface area (Å²) < 4.78 is 509. The Kier molecular flexibility index (Phi) is 27.4. The average molecular weight is 1340 g/mol. The molecule has 0 rings (SSSR count). The van der Waals surface area contributed by atoms with Crippen LogP contribution in [0, 0.1) is 0 Å². The highest BCUT2D eigenvalue weighted by molar-refractivity contribution is 7.85. The van der Waals surface area contributed by atoms with Crippen LogP contribution in [0.1, 0.15) is 12.8 Å². The molecular formula is C36H40F34O10S2. The summed E-state index contributed by atoms with van der Waals surface area (Å²) in [6.45, 7) is -3.91. The van der Waals surface area contributed by atoms with Crippen LogP contribution in [0.5, 0.6) is 0 Å². The van der Waals surface area contributed by atoms with Gasteiger partial charge in [-0.3, -0.25) is 8.42 Å². The molecule has 0 radical (unpaired) electrons. The van der Waals surface area contributed by atoms with Crippen LogP contribution >= 0.6 is 0 Å². The predicted octanol–water partition coefficient (Wildman–Crippen LogP) is 10.1. The van der Waals surface area contributed by atoms with Gasteiger partial charge in [0.05, 0.1) is 103 Å². The van der Waals surface area contributed by atoms with E-state index in [4.69, 9.17) is 28.4 Å². The Morgan fingerprint density at radius 1 is 0.268 bits per heavy atom. The van der Waals surface area contributed by atoms with Crippen molar-refractivity contribution >= 4 is 21.6 Å². The van der Waals surface area contributed by atoms with Crippen molar-refractivity contribution in [3.63, 3.8) is 0 Å². The second kappa shape index (κ2) is 28.2. The van der Waals surface area contributed by atoms with E-state index in [1.807, 2.05) is 0 Å². The molecule has 0 aliphatic rings. The molecule has 0 saturated heterocycles. The van der Waals surface area contributed by atoms with E-state index >= 15 is 0 Å². The van der Waals surface area contributed by atoms with Crippen molar-refractivity contribution in [2.24, 2.45) is 0 Å². The van der Waals surface area contributed by atoms with Gasteiger partial charge in [0.1, 0.15) is 0 Å². The van der Waals surface area contributed by atoms with Crippen LogP contribution in [0.15, 0.2) is 0 Å². The van der Waals surface area contributed by atoms with E-state index in [0.29, 0.717) is 0 Å². The van der Waals surface area contributed by atoms with E-state index in [0.717, 1.165) is 0 Å². The summed E-state index contributed by atoms with van der Waals surface area (Å²) in [7, 11) is -6.05. The first-order chi connectivity index (χ1) is 36.3. The van der Waals surface area contributed by atoms with Gasteiger partial charge in [0.2, 0.25) is 0 Å². The van der Waals surface area contributed by atoms with Crippen molar-refractivity contribution in [2.45, 2.75) is 120 Å². The van der Waals surface area contributed by atoms with Gasteiger partial charge in [-0.2, -0.15) is 149 Å². The number of hydrogen-bond acceptors (Lipinski definition) is 10. The van der Waals surface area contributed by atoms with Crippen molar-refractivity contribution in [3.8, 4) is 0 Å². The van der Waals surface area contributed by atoms with Gasteiger partial charge in [-0.25, -0.2) is 0 Å². The van der Waals surface area contributed by atoms with Gasteiger partial charge < -0.3 is 38.6 Å². The molecule has 494 valence electrons. The molecule has 4 unspecified atom stereocenters. The summed E-state index contributed by atoms with van der Waals surface area (Å²) in [5.74, 6) is -122. The molecule has 0 aliphatic heterocycles. The second-order valence-electron chi connectivity index (χ2n) is 16.3. The lowest BCUT2D eigenvalue weighted by Gasteiger charge is -2.42. The van der Waals surface area contributed by atoms with E-state index in [2.05, 4.69) is 0 Å². The summed E-state index contributed by atoms with van der Waals surface area (Å²) in [6.07, 6.45) is -25.7. The van der Waals surface area contributed by atoms with E-state index in [9.17, 15) is 168 Å². The number of rotatable bonds is 41. The van der Waals surface area contributed by atoms with Crippen LogP contribution in [-0.4, -0.2) is 228 Å². The van der Waals surface area contributed by atoms with Crippen LogP contribution in [0.4, 0.5) is 149 Å². The van der Waals surface area contributed by atoms with Gasteiger partial charge in [-0.05, 0) is 0 Å². The lowest BCUT2D eigenvalue weighted by molar-refractivity contribution is -0.461. The number of aliphatic hydroxyl groups is 2. The number of ether oxygens (including phenoxy) is 6. The zero-order valence-electron chi connectivity index (χ0n) is 39.7. The first kappa shape index (κ1) is 79.6. The second-order valence-corrected chi connectivity index (χ2v) is 19.6. The number of aliphatic hydroxyl groups excluding tert-OH is 2.